The van der Waals surface area contributed by atoms with Gasteiger partial charge < -0.3 is 20.9 Å². The minimum Gasteiger partial charge on any atom is -0.389 e. The molecule has 1 saturated heterocycles. The maximum atomic E-state index is 15.3. The Morgan fingerprint density at radius 3 is 2.47 bits per heavy atom. The highest BCUT2D eigenvalue weighted by molar-refractivity contribution is 7.18. The lowest BCUT2D eigenvalue weighted by Gasteiger charge is -2.44. The number of amides is 1. The smallest absolute Gasteiger partial charge is 0.389 e. The topological polar surface area (TPSA) is 107 Å². The van der Waals surface area contributed by atoms with E-state index in [2.05, 4.69) is 20.2 Å². The summed E-state index contributed by atoms with van der Waals surface area (Å²) in [5.41, 5.74) is 3.07. The summed E-state index contributed by atoms with van der Waals surface area (Å²) in [5, 5.41) is 3.11. The molecule has 1 fully saturated rings. The van der Waals surface area contributed by atoms with E-state index < -0.39 is 34.6 Å². The number of aromatic amines is 1. The molecule has 0 saturated carbocycles. The number of nitrogens with one attached hydrogen (secondary N) is 2. The Kier molecular flexibility index (Phi) is 6.80. The Balaban J connectivity index is 1.80. The van der Waals surface area contributed by atoms with Crippen molar-refractivity contribution in [3.63, 3.8) is 0 Å². The number of hydrogen-bond acceptors (Lipinski definition) is 7. The van der Waals surface area contributed by atoms with Crippen LogP contribution in [0.4, 0.5) is 33.9 Å². The van der Waals surface area contributed by atoms with E-state index in [1.807, 2.05) is 25.8 Å². The van der Waals surface area contributed by atoms with Crippen LogP contribution in [0.1, 0.15) is 29.8 Å². The largest absolute Gasteiger partial charge is 0.417 e. The number of halogens is 4. The molecule has 0 radical (unpaired) electrons. The van der Waals surface area contributed by atoms with E-state index in [1.54, 1.807) is 0 Å². The fraction of sp³-hybridized carbons (Fsp3) is 0.348. The van der Waals surface area contributed by atoms with Gasteiger partial charge in [-0.05, 0) is 27.0 Å². The number of hydrogen-bond donors (Lipinski definition) is 3. The van der Waals surface area contributed by atoms with Crippen molar-refractivity contribution in [2.75, 3.05) is 36.1 Å². The Morgan fingerprint density at radius 1 is 1.22 bits per heavy atom. The van der Waals surface area contributed by atoms with Crippen LogP contribution >= 0.6 is 11.3 Å². The van der Waals surface area contributed by atoms with Gasteiger partial charge in [-0.1, -0.05) is 11.3 Å². The number of nitrogens with two attached hydrogens (primary N) is 1. The van der Waals surface area contributed by atoms with Crippen LogP contribution in [0, 0.1) is 5.82 Å². The zero-order valence-electron chi connectivity index (χ0n) is 19.6. The number of carbonyl (C=O) groups is 1. The van der Waals surface area contributed by atoms with Gasteiger partial charge in [0.2, 0.25) is 5.56 Å². The molecule has 1 aliphatic heterocycles. The first-order valence-corrected chi connectivity index (χ1v) is 11.8. The van der Waals surface area contributed by atoms with Gasteiger partial charge in [-0.3, -0.25) is 14.5 Å². The molecule has 0 unspecified atom stereocenters. The summed E-state index contributed by atoms with van der Waals surface area (Å²) >= 11 is 1.03. The average Bonchev–Trinajstić information content (AvgIpc) is 3.23. The van der Waals surface area contributed by atoms with Crippen molar-refractivity contribution in [2.24, 2.45) is 0 Å². The van der Waals surface area contributed by atoms with Crippen molar-refractivity contribution < 1.29 is 22.4 Å². The fourth-order valence-corrected chi connectivity index (χ4v) is 4.88. The molecule has 0 bridgehead atoms. The summed E-state index contributed by atoms with van der Waals surface area (Å²) < 4.78 is 55.9. The maximum absolute atomic E-state index is 15.3. The third-order valence-corrected chi connectivity index (χ3v) is 7.12. The number of anilines is 3. The number of pyridine rings is 1. The van der Waals surface area contributed by atoms with Gasteiger partial charge in [0.1, 0.15) is 15.8 Å². The van der Waals surface area contributed by atoms with Gasteiger partial charge in [-0.25, -0.2) is 9.37 Å². The van der Waals surface area contributed by atoms with Crippen molar-refractivity contribution in [3.05, 3.63) is 57.9 Å². The summed E-state index contributed by atoms with van der Waals surface area (Å²) in [6.07, 6.45) is -2.85. The second kappa shape index (κ2) is 9.54. The van der Waals surface area contributed by atoms with Gasteiger partial charge in [0.05, 0.1) is 28.7 Å². The molecule has 3 aromatic rings. The van der Waals surface area contributed by atoms with Crippen molar-refractivity contribution in [1.29, 1.82) is 0 Å². The summed E-state index contributed by atoms with van der Waals surface area (Å²) in [7, 11) is 1.97. The van der Waals surface area contributed by atoms with Gasteiger partial charge in [0.15, 0.2) is 0 Å². The number of aromatic nitrogens is 2. The average molecular weight is 525 g/mol. The maximum Gasteiger partial charge on any atom is 0.417 e. The highest BCUT2D eigenvalue weighted by Gasteiger charge is 2.36. The third-order valence-electron chi connectivity index (χ3n) is 6.26. The molecule has 0 spiro atoms. The van der Waals surface area contributed by atoms with Gasteiger partial charge in [-0.2, -0.15) is 13.2 Å². The standard InChI is InChI=1S/C23H24F4N6O2S/c1-11-9-33(10-12(2)32(11)3)18-6-16(24)13(22-30-8-19(28)36-22)4-17(18)31-21(35)14-7-29-20(34)5-15(14)23(25,26)27/h4-8,11-12H,9-10,28H2,1-3H3,(H,29,34)(H,31,35)/t11-,12+. The molecule has 1 amide bonds. The first kappa shape index (κ1) is 25.6. The summed E-state index contributed by atoms with van der Waals surface area (Å²) in [6, 6.07) is 3.09. The van der Waals surface area contributed by atoms with Gasteiger partial charge in [-0.15, -0.1) is 0 Å². The van der Waals surface area contributed by atoms with Gasteiger partial charge >= 0.3 is 6.18 Å². The predicted molar refractivity (Wildman–Crippen MR) is 131 cm³/mol. The molecule has 4 N–H and O–H groups in total. The highest BCUT2D eigenvalue weighted by Crippen LogP contribution is 2.38. The lowest BCUT2D eigenvalue weighted by atomic mass is 10.1. The van der Waals surface area contributed by atoms with E-state index in [0.29, 0.717) is 36.0 Å². The molecular weight excluding hydrogens is 500 g/mol. The van der Waals surface area contributed by atoms with Crippen molar-refractivity contribution in [3.8, 4) is 10.6 Å². The fourth-order valence-electron chi connectivity index (χ4n) is 4.18. The minimum atomic E-state index is -4.93. The second-order valence-corrected chi connectivity index (χ2v) is 9.82. The molecule has 4 rings (SSSR count). The van der Waals surface area contributed by atoms with Crippen LogP contribution < -0.4 is 21.5 Å². The Morgan fingerprint density at radius 2 is 1.89 bits per heavy atom. The van der Waals surface area contributed by atoms with Crippen LogP contribution in [0.2, 0.25) is 0 Å². The van der Waals surface area contributed by atoms with E-state index in [-0.39, 0.29) is 28.3 Å². The van der Waals surface area contributed by atoms with E-state index >= 15 is 4.39 Å². The first-order valence-electron chi connectivity index (χ1n) is 11.0. The zero-order chi connectivity index (χ0) is 26.4. The molecule has 192 valence electrons. The van der Waals surface area contributed by atoms with Crippen LogP contribution in [0.15, 0.2) is 35.4 Å². The predicted octanol–water partition coefficient (Wildman–Crippen LogP) is 4.02. The Bertz CT molecular complexity index is 1340. The number of nitrogens with zero attached hydrogens (tertiary/aromatic N) is 3. The van der Waals surface area contributed by atoms with Gasteiger partial charge in [0, 0.05) is 49.1 Å². The number of thiazole rings is 1. The molecule has 2 aromatic heterocycles. The molecule has 2 atom stereocenters. The number of benzene rings is 1. The zero-order valence-corrected chi connectivity index (χ0v) is 20.4. The summed E-state index contributed by atoms with van der Waals surface area (Å²) in [6.45, 7) is 5.00. The molecule has 36 heavy (non-hydrogen) atoms. The number of nitrogen functional groups attached to an aromatic ring is 1. The van der Waals surface area contributed by atoms with E-state index in [4.69, 9.17) is 5.73 Å². The Hall–Kier alpha value is -3.45. The number of likely N-dealkylation sites (N-methyl/N-ethyl adjacent to an activating group) is 1. The normalized spacial score (nSPS) is 18.9. The van der Waals surface area contributed by atoms with E-state index in [9.17, 15) is 22.8 Å². The van der Waals surface area contributed by atoms with Crippen LogP contribution in [0.3, 0.4) is 0 Å². The Labute approximate surface area is 207 Å². The molecule has 13 heteroatoms. The quantitative estimate of drug-likeness (QED) is 0.445. The number of piperazine rings is 1. The molecular formula is C23H24F4N6O2S. The van der Waals surface area contributed by atoms with E-state index in [1.165, 1.54) is 18.3 Å². The molecule has 3 heterocycles. The summed E-state index contributed by atoms with van der Waals surface area (Å²) in [5.74, 6) is -1.72. The van der Waals surface area contributed by atoms with Crippen molar-refractivity contribution in [2.45, 2.75) is 32.1 Å². The number of rotatable bonds is 4. The minimum absolute atomic E-state index is 0.0449. The molecule has 1 aliphatic rings. The lowest BCUT2D eigenvalue weighted by molar-refractivity contribution is -0.138. The van der Waals surface area contributed by atoms with Crippen molar-refractivity contribution >= 4 is 33.6 Å². The number of alkyl halides is 3. The highest BCUT2D eigenvalue weighted by atomic mass is 32.1. The second-order valence-electron chi connectivity index (χ2n) is 8.76. The summed E-state index contributed by atoms with van der Waals surface area (Å²) in [4.78, 5) is 34.8. The van der Waals surface area contributed by atoms with Crippen LogP contribution in [-0.2, 0) is 6.18 Å². The molecule has 1 aromatic carbocycles. The monoisotopic (exact) mass is 524 g/mol. The van der Waals surface area contributed by atoms with Crippen molar-refractivity contribution in [1.82, 2.24) is 14.9 Å². The van der Waals surface area contributed by atoms with Gasteiger partial charge in [0.25, 0.3) is 5.91 Å². The number of carbonyl (C=O) groups excluding carboxylic acids is 1. The number of H-pyrrole nitrogens is 1. The molecule has 8 nitrogen and oxygen atoms in total. The SMILES string of the molecule is C[C@@H]1CN(c2cc(F)c(-c3ncc(N)s3)cc2NC(=O)c2c[nH]c(=O)cc2C(F)(F)F)C[C@H](C)N1C. The van der Waals surface area contributed by atoms with Crippen LogP contribution in [-0.4, -0.2) is 53.0 Å². The van der Waals surface area contributed by atoms with Crippen LogP contribution in [0.25, 0.3) is 10.6 Å². The van der Waals surface area contributed by atoms with Crippen LogP contribution in [0.5, 0.6) is 0 Å². The third kappa shape index (κ3) is 5.07. The lowest BCUT2D eigenvalue weighted by Crippen LogP contribution is -2.55. The first-order chi connectivity index (χ1) is 16.8. The molecule has 0 aliphatic carbocycles. The van der Waals surface area contributed by atoms with E-state index in [0.717, 1.165) is 11.3 Å².